The molecule has 26 heavy (non-hydrogen) atoms. The van der Waals surface area contributed by atoms with Gasteiger partial charge in [-0.3, -0.25) is 9.79 Å². The number of hydrogen-bond acceptors (Lipinski definition) is 2. The van der Waals surface area contributed by atoms with Crippen molar-refractivity contribution in [2.24, 2.45) is 16.6 Å². The topological polar surface area (TPSA) is 70.7 Å². The monoisotopic (exact) mass is 366 g/mol. The van der Waals surface area contributed by atoms with E-state index in [4.69, 9.17) is 5.73 Å². The van der Waals surface area contributed by atoms with E-state index < -0.39 is 11.6 Å². The molecule has 1 amide bonds. The lowest BCUT2D eigenvalue weighted by Crippen LogP contribution is -2.47. The molecular formula is C19H28F2N4O. The van der Waals surface area contributed by atoms with Gasteiger partial charge >= 0.3 is 0 Å². The van der Waals surface area contributed by atoms with Gasteiger partial charge in [0.1, 0.15) is 0 Å². The van der Waals surface area contributed by atoms with Crippen molar-refractivity contribution in [2.45, 2.75) is 39.0 Å². The number of halogens is 2. The van der Waals surface area contributed by atoms with Crippen LogP contribution in [0.3, 0.4) is 0 Å². The molecule has 0 bridgehead atoms. The van der Waals surface area contributed by atoms with Crippen molar-refractivity contribution in [1.82, 2.24) is 10.2 Å². The van der Waals surface area contributed by atoms with E-state index in [1.54, 1.807) is 6.07 Å². The molecule has 1 fully saturated rings. The van der Waals surface area contributed by atoms with Crippen molar-refractivity contribution in [3.8, 4) is 0 Å². The maximum absolute atomic E-state index is 13.4. The van der Waals surface area contributed by atoms with Gasteiger partial charge < -0.3 is 16.0 Å². The van der Waals surface area contributed by atoms with Crippen LogP contribution in [0.1, 0.15) is 44.6 Å². The highest BCUT2D eigenvalue weighted by Gasteiger charge is 2.23. The SMILES string of the molecule is CCNC(=NCC(C)c1ccc(F)c(F)c1)N1CCCC(CC(N)=O)C1. The van der Waals surface area contributed by atoms with Crippen molar-refractivity contribution >= 4 is 11.9 Å². The van der Waals surface area contributed by atoms with Crippen LogP contribution in [0.5, 0.6) is 0 Å². The lowest BCUT2D eigenvalue weighted by molar-refractivity contribution is -0.119. The summed E-state index contributed by atoms with van der Waals surface area (Å²) in [7, 11) is 0. The van der Waals surface area contributed by atoms with Crippen LogP contribution in [0.25, 0.3) is 0 Å². The third-order valence-electron chi connectivity index (χ3n) is 4.67. The van der Waals surface area contributed by atoms with Gasteiger partial charge in [-0.15, -0.1) is 0 Å². The first-order valence-corrected chi connectivity index (χ1v) is 9.17. The number of amides is 1. The first kappa shape index (κ1) is 20.1. The molecule has 0 radical (unpaired) electrons. The van der Waals surface area contributed by atoms with Gasteiger partial charge in [-0.1, -0.05) is 13.0 Å². The highest BCUT2D eigenvalue weighted by atomic mass is 19.2. The van der Waals surface area contributed by atoms with Crippen LogP contribution in [-0.4, -0.2) is 42.9 Å². The van der Waals surface area contributed by atoms with Crippen LogP contribution in [-0.2, 0) is 4.79 Å². The van der Waals surface area contributed by atoms with Crippen molar-refractivity contribution in [1.29, 1.82) is 0 Å². The summed E-state index contributed by atoms with van der Waals surface area (Å²) in [5.41, 5.74) is 6.04. The van der Waals surface area contributed by atoms with Crippen molar-refractivity contribution in [3.63, 3.8) is 0 Å². The number of nitrogens with zero attached hydrogens (tertiary/aromatic N) is 2. The van der Waals surface area contributed by atoms with Crippen LogP contribution in [0.4, 0.5) is 8.78 Å². The maximum atomic E-state index is 13.4. The Kier molecular flexibility index (Phi) is 7.36. The number of benzene rings is 1. The molecule has 144 valence electrons. The molecule has 0 spiro atoms. The Labute approximate surface area is 153 Å². The zero-order valence-electron chi connectivity index (χ0n) is 15.5. The number of guanidine groups is 1. The lowest BCUT2D eigenvalue weighted by atomic mass is 9.95. The molecule has 3 N–H and O–H groups in total. The number of likely N-dealkylation sites (tertiary alicyclic amines) is 1. The predicted octanol–water partition coefficient (Wildman–Crippen LogP) is 2.62. The van der Waals surface area contributed by atoms with Gasteiger partial charge in [0, 0.05) is 38.5 Å². The van der Waals surface area contributed by atoms with Crippen molar-refractivity contribution in [3.05, 3.63) is 35.4 Å². The largest absolute Gasteiger partial charge is 0.370 e. The molecule has 2 atom stereocenters. The molecule has 1 aliphatic heterocycles. The Morgan fingerprint density at radius 1 is 1.42 bits per heavy atom. The van der Waals surface area contributed by atoms with E-state index in [1.807, 2.05) is 13.8 Å². The van der Waals surface area contributed by atoms with E-state index >= 15 is 0 Å². The quantitative estimate of drug-likeness (QED) is 0.601. The lowest BCUT2D eigenvalue weighted by Gasteiger charge is -2.34. The molecule has 7 heteroatoms. The minimum Gasteiger partial charge on any atom is -0.370 e. The van der Waals surface area contributed by atoms with Gasteiger partial charge in [0.2, 0.25) is 5.91 Å². The number of nitrogens with one attached hydrogen (secondary N) is 1. The number of carbonyl (C=O) groups excluding carboxylic acids is 1. The molecule has 5 nitrogen and oxygen atoms in total. The Balaban J connectivity index is 2.05. The van der Waals surface area contributed by atoms with E-state index in [0.29, 0.717) is 18.5 Å². The fraction of sp³-hybridized carbons (Fsp3) is 0.579. The highest BCUT2D eigenvalue weighted by Crippen LogP contribution is 2.21. The zero-order chi connectivity index (χ0) is 19.1. The number of carbonyl (C=O) groups is 1. The van der Waals surface area contributed by atoms with E-state index in [9.17, 15) is 13.6 Å². The fourth-order valence-electron chi connectivity index (χ4n) is 3.28. The summed E-state index contributed by atoms with van der Waals surface area (Å²) < 4.78 is 26.5. The normalized spacial score (nSPS) is 19.3. The molecule has 2 rings (SSSR count). The molecule has 0 aromatic heterocycles. The second-order valence-corrected chi connectivity index (χ2v) is 6.89. The molecule has 1 saturated heterocycles. The van der Waals surface area contributed by atoms with E-state index in [0.717, 1.165) is 44.5 Å². The smallest absolute Gasteiger partial charge is 0.217 e. The molecule has 1 aromatic carbocycles. The minimum atomic E-state index is -0.841. The Morgan fingerprint density at radius 3 is 2.85 bits per heavy atom. The van der Waals surface area contributed by atoms with E-state index in [2.05, 4.69) is 15.2 Å². The number of piperidine rings is 1. The number of aliphatic imine (C=N–C) groups is 1. The van der Waals surface area contributed by atoms with E-state index in [1.165, 1.54) is 6.07 Å². The van der Waals surface area contributed by atoms with Crippen molar-refractivity contribution in [2.75, 3.05) is 26.2 Å². The number of hydrogen-bond donors (Lipinski definition) is 2. The summed E-state index contributed by atoms with van der Waals surface area (Å²) >= 11 is 0. The van der Waals surface area contributed by atoms with E-state index in [-0.39, 0.29) is 17.7 Å². The maximum Gasteiger partial charge on any atom is 0.217 e. The summed E-state index contributed by atoms with van der Waals surface area (Å²) in [5, 5.41) is 3.28. The Bertz CT molecular complexity index is 650. The van der Waals surface area contributed by atoms with Crippen LogP contribution in [0.15, 0.2) is 23.2 Å². The van der Waals surface area contributed by atoms with Gasteiger partial charge in [-0.2, -0.15) is 0 Å². The van der Waals surface area contributed by atoms with Crippen LogP contribution < -0.4 is 11.1 Å². The minimum absolute atomic E-state index is 0.0371. The zero-order valence-corrected chi connectivity index (χ0v) is 15.5. The average molecular weight is 366 g/mol. The van der Waals surface area contributed by atoms with Crippen LogP contribution in [0.2, 0.25) is 0 Å². The summed E-state index contributed by atoms with van der Waals surface area (Å²) in [6.45, 7) is 6.75. The summed E-state index contributed by atoms with van der Waals surface area (Å²) in [5.74, 6) is -0.956. The Morgan fingerprint density at radius 2 is 2.19 bits per heavy atom. The molecule has 2 unspecified atom stereocenters. The van der Waals surface area contributed by atoms with Crippen LogP contribution in [0, 0.1) is 17.6 Å². The first-order valence-electron chi connectivity index (χ1n) is 9.17. The van der Waals surface area contributed by atoms with Gasteiger partial charge in [0.05, 0.1) is 0 Å². The first-order chi connectivity index (χ1) is 12.4. The third-order valence-corrected chi connectivity index (χ3v) is 4.67. The molecule has 1 heterocycles. The van der Waals surface area contributed by atoms with Crippen molar-refractivity contribution < 1.29 is 13.6 Å². The standard InChI is InChI=1S/C19H28F2N4O/c1-3-23-19(25-8-4-5-14(12-25)9-18(22)26)24-11-13(2)15-6-7-16(20)17(21)10-15/h6-7,10,13-14H,3-5,8-9,11-12H2,1-2H3,(H2,22,26)(H,23,24). The molecule has 1 aliphatic rings. The van der Waals surface area contributed by atoms with Gasteiger partial charge in [0.15, 0.2) is 17.6 Å². The summed E-state index contributed by atoms with van der Waals surface area (Å²) in [6.07, 6.45) is 2.37. The number of nitrogens with two attached hydrogens (primary N) is 1. The summed E-state index contributed by atoms with van der Waals surface area (Å²) in [6, 6.07) is 3.97. The average Bonchev–Trinajstić information content (AvgIpc) is 2.60. The van der Waals surface area contributed by atoms with Gasteiger partial charge in [-0.05, 0) is 43.4 Å². The molecular weight excluding hydrogens is 338 g/mol. The van der Waals surface area contributed by atoms with Crippen LogP contribution >= 0.6 is 0 Å². The predicted molar refractivity (Wildman–Crippen MR) is 98.9 cm³/mol. The molecule has 0 aliphatic carbocycles. The number of rotatable bonds is 6. The highest BCUT2D eigenvalue weighted by molar-refractivity contribution is 5.80. The fourth-order valence-corrected chi connectivity index (χ4v) is 3.28. The molecule has 0 saturated carbocycles. The second kappa shape index (κ2) is 9.50. The number of primary amides is 1. The summed E-state index contributed by atoms with van der Waals surface area (Å²) in [4.78, 5) is 18.0. The second-order valence-electron chi connectivity index (χ2n) is 6.89. The van der Waals surface area contributed by atoms with Gasteiger partial charge in [0.25, 0.3) is 0 Å². The Hall–Kier alpha value is -2.18. The third kappa shape index (κ3) is 5.68. The van der Waals surface area contributed by atoms with Gasteiger partial charge in [-0.25, -0.2) is 8.78 Å². The molecule has 1 aromatic rings.